The summed E-state index contributed by atoms with van der Waals surface area (Å²) < 4.78 is 9.80. The fourth-order valence-electron chi connectivity index (χ4n) is 2.94. The third-order valence-corrected chi connectivity index (χ3v) is 5.84. The summed E-state index contributed by atoms with van der Waals surface area (Å²) in [5, 5.41) is 0. The molecule has 0 saturated carbocycles. The Morgan fingerprint density at radius 3 is 1.88 bits per heavy atom. The first-order chi connectivity index (χ1) is 12.6. The first kappa shape index (κ1) is 23.8. The predicted octanol–water partition coefficient (Wildman–Crippen LogP) is 6.37. The van der Waals surface area contributed by atoms with E-state index in [1.165, 1.54) is 64.2 Å². The van der Waals surface area contributed by atoms with Crippen molar-refractivity contribution in [3.63, 3.8) is 0 Å². The van der Waals surface area contributed by atoms with Gasteiger partial charge >= 0.3 is 17.2 Å². The quantitative estimate of drug-likeness (QED) is 0.220. The molecule has 0 aromatic heterocycles. The Morgan fingerprint density at radius 1 is 0.769 bits per heavy atom. The minimum absolute atomic E-state index is 0.546. The maximum Gasteiger partial charge on any atom is 0.401 e. The number of rotatable bonds is 16. The van der Waals surface area contributed by atoms with Crippen LogP contribution in [0.4, 0.5) is 0 Å². The van der Waals surface area contributed by atoms with Crippen LogP contribution in [0.2, 0.25) is 0 Å². The summed E-state index contributed by atoms with van der Waals surface area (Å²) in [4.78, 5) is 27.1. The van der Waals surface area contributed by atoms with Gasteiger partial charge in [-0.05, 0) is 24.5 Å². The Labute approximate surface area is 160 Å². The van der Waals surface area contributed by atoms with E-state index in [-0.39, 0.29) is 0 Å². The van der Waals surface area contributed by atoms with E-state index >= 15 is 0 Å². The summed E-state index contributed by atoms with van der Waals surface area (Å²) in [6.45, 7) is 2.25. The molecule has 0 heterocycles. The lowest BCUT2D eigenvalue weighted by Gasteiger charge is -2.14. The maximum atomic E-state index is 9.57. The molecular weight excluding hydrogens is 370 g/mol. The Kier molecular flexibility index (Phi) is 14.4. The molecule has 1 aromatic carbocycles. The van der Waals surface area contributed by atoms with Gasteiger partial charge in [-0.3, -0.25) is 0 Å². The van der Waals surface area contributed by atoms with Gasteiger partial charge in [0, 0.05) is 0 Å². The first-order valence-corrected chi connectivity index (χ1v) is 12.0. The van der Waals surface area contributed by atoms with Crippen molar-refractivity contribution < 1.29 is 23.5 Å². The summed E-state index contributed by atoms with van der Waals surface area (Å²) in [6, 6.07) is 7.49. The van der Waals surface area contributed by atoms with Crippen LogP contribution in [0.15, 0.2) is 24.3 Å². The van der Waals surface area contributed by atoms with Crippen molar-refractivity contribution in [2.75, 3.05) is 0 Å². The number of unbranched alkanes of at least 4 members (excludes halogenated alkanes) is 10. The van der Waals surface area contributed by atoms with Gasteiger partial charge in [0.2, 0.25) is 0 Å². The highest BCUT2D eigenvalue weighted by atomic mass is 31.2. The van der Waals surface area contributed by atoms with Gasteiger partial charge in [0.1, 0.15) is 5.75 Å². The molecule has 1 aromatic rings. The summed E-state index contributed by atoms with van der Waals surface area (Å²) in [5.74, 6) is 0.546. The van der Waals surface area contributed by atoms with Gasteiger partial charge in [0.05, 0.1) is 0 Å². The smallest absolute Gasteiger partial charge is 0.401 e. The highest BCUT2D eigenvalue weighted by Gasteiger charge is 2.16. The maximum absolute atomic E-state index is 9.57. The van der Waals surface area contributed by atoms with Crippen molar-refractivity contribution in [3.8, 4) is 5.75 Å². The first-order valence-electron chi connectivity index (χ1n) is 9.74. The number of para-hydroxylation sites is 1. The average Bonchev–Trinajstić information content (AvgIpc) is 2.60. The number of benzene rings is 1. The molecule has 5 nitrogen and oxygen atoms in total. The van der Waals surface area contributed by atoms with Crippen molar-refractivity contribution in [3.05, 3.63) is 29.8 Å². The normalized spacial score (nSPS) is 12.5. The van der Waals surface area contributed by atoms with Gasteiger partial charge in [-0.1, -0.05) is 89.3 Å². The van der Waals surface area contributed by atoms with Crippen LogP contribution in [0.5, 0.6) is 5.75 Å². The summed E-state index contributed by atoms with van der Waals surface area (Å²) in [7, 11) is -4.94. The molecule has 26 heavy (non-hydrogen) atoms. The van der Waals surface area contributed by atoms with Crippen molar-refractivity contribution >= 4 is 17.2 Å². The Balaban J connectivity index is 2.13. The van der Waals surface area contributed by atoms with E-state index in [0.29, 0.717) is 5.75 Å². The highest BCUT2D eigenvalue weighted by molar-refractivity contribution is 7.54. The molecule has 0 saturated heterocycles. The van der Waals surface area contributed by atoms with Gasteiger partial charge in [0.15, 0.2) is 0 Å². The van der Waals surface area contributed by atoms with Gasteiger partial charge < -0.3 is 19.2 Å². The van der Waals surface area contributed by atoms with E-state index in [9.17, 15) is 4.89 Å². The van der Waals surface area contributed by atoms with Gasteiger partial charge in [0.25, 0.3) is 0 Å². The number of aryl methyl sites for hydroxylation is 1. The Hall–Kier alpha value is -0.280. The van der Waals surface area contributed by atoms with Crippen molar-refractivity contribution in [1.82, 2.24) is 0 Å². The standard InChI is InChI=1S/C19H34O5P2/c1-2-3-4-5-6-7-8-9-10-11-12-15-18-16-13-14-17-19(18)23-26(22)24-25(20)21/h13-14,16-17,20-22H,2-12,15H2,1H3. The lowest BCUT2D eigenvalue weighted by Crippen LogP contribution is -1.94. The van der Waals surface area contributed by atoms with Crippen LogP contribution in [-0.4, -0.2) is 14.7 Å². The highest BCUT2D eigenvalue weighted by Crippen LogP contribution is 2.47. The number of hydrogen-bond donors (Lipinski definition) is 3. The fourth-order valence-corrected chi connectivity index (χ4v) is 3.92. The molecule has 7 heteroatoms. The Morgan fingerprint density at radius 2 is 1.31 bits per heavy atom. The topological polar surface area (TPSA) is 79.2 Å². The van der Waals surface area contributed by atoms with E-state index in [2.05, 4.69) is 11.2 Å². The minimum atomic E-state index is -2.62. The third-order valence-electron chi connectivity index (χ3n) is 4.34. The van der Waals surface area contributed by atoms with Crippen LogP contribution < -0.4 is 4.52 Å². The van der Waals surface area contributed by atoms with Crippen molar-refractivity contribution in [2.24, 2.45) is 0 Å². The molecule has 0 aliphatic heterocycles. The lowest BCUT2D eigenvalue weighted by molar-refractivity contribution is 0.328. The molecule has 1 rings (SSSR count). The summed E-state index contributed by atoms with van der Waals surface area (Å²) >= 11 is 0. The van der Waals surface area contributed by atoms with Crippen molar-refractivity contribution in [2.45, 2.75) is 84.0 Å². The molecule has 0 amide bonds. The molecule has 150 valence electrons. The van der Waals surface area contributed by atoms with Crippen LogP contribution >= 0.6 is 17.2 Å². The molecule has 3 N–H and O–H groups in total. The fraction of sp³-hybridized carbons (Fsp3) is 0.684. The van der Waals surface area contributed by atoms with Crippen LogP contribution in [0, 0.1) is 0 Å². The molecule has 0 fully saturated rings. The van der Waals surface area contributed by atoms with E-state index in [1.807, 2.05) is 18.2 Å². The predicted molar refractivity (Wildman–Crippen MR) is 109 cm³/mol. The SMILES string of the molecule is CCCCCCCCCCCCCc1ccccc1OP(O)OP(O)O. The minimum Gasteiger partial charge on any atom is -0.426 e. The molecule has 0 radical (unpaired) electrons. The van der Waals surface area contributed by atoms with E-state index < -0.39 is 17.2 Å². The van der Waals surface area contributed by atoms with Crippen LogP contribution in [-0.2, 0) is 10.7 Å². The summed E-state index contributed by atoms with van der Waals surface area (Å²) in [5.41, 5.74) is 1.01. The lowest BCUT2D eigenvalue weighted by atomic mass is 10.0. The largest absolute Gasteiger partial charge is 0.426 e. The molecular formula is C19H34O5P2. The van der Waals surface area contributed by atoms with Crippen molar-refractivity contribution in [1.29, 1.82) is 0 Å². The van der Waals surface area contributed by atoms with Crippen LogP contribution in [0.25, 0.3) is 0 Å². The second-order valence-electron chi connectivity index (χ2n) is 6.56. The average molecular weight is 404 g/mol. The molecule has 0 aliphatic rings. The molecule has 1 unspecified atom stereocenters. The Bertz CT molecular complexity index is 459. The monoisotopic (exact) mass is 404 g/mol. The third kappa shape index (κ3) is 12.2. The zero-order valence-corrected chi connectivity index (χ0v) is 17.6. The van der Waals surface area contributed by atoms with Crippen LogP contribution in [0.1, 0.15) is 83.1 Å². The number of hydrogen-bond acceptors (Lipinski definition) is 5. The second kappa shape index (κ2) is 15.7. The molecule has 0 bridgehead atoms. The van der Waals surface area contributed by atoms with E-state index in [0.717, 1.165) is 18.4 Å². The molecule has 0 aliphatic carbocycles. The zero-order chi connectivity index (χ0) is 19.0. The zero-order valence-electron chi connectivity index (χ0n) is 15.8. The van der Waals surface area contributed by atoms with Gasteiger partial charge in [-0.2, -0.15) is 0 Å². The van der Waals surface area contributed by atoms with E-state index in [1.54, 1.807) is 6.07 Å². The van der Waals surface area contributed by atoms with Crippen LogP contribution in [0.3, 0.4) is 0 Å². The van der Waals surface area contributed by atoms with E-state index in [4.69, 9.17) is 14.3 Å². The summed E-state index contributed by atoms with van der Waals surface area (Å²) in [6.07, 6.45) is 15.2. The molecule has 0 spiro atoms. The van der Waals surface area contributed by atoms with Gasteiger partial charge in [-0.15, -0.1) is 0 Å². The molecule has 1 atom stereocenters. The van der Waals surface area contributed by atoms with Gasteiger partial charge in [-0.25, -0.2) is 4.31 Å². The second-order valence-corrected chi connectivity index (χ2v) is 8.37.